The second-order valence-corrected chi connectivity index (χ2v) is 7.31. The van der Waals surface area contributed by atoms with Crippen LogP contribution in [0.4, 0.5) is 11.4 Å². The minimum Gasteiger partial charge on any atom is -0.381 e. The van der Waals surface area contributed by atoms with E-state index < -0.39 is 0 Å². The first-order chi connectivity index (χ1) is 11.7. The molecule has 0 spiro atoms. The molecule has 4 heteroatoms. The minimum absolute atomic E-state index is 0.0953. The maximum atomic E-state index is 11.2. The van der Waals surface area contributed by atoms with E-state index in [2.05, 4.69) is 39.8 Å². The van der Waals surface area contributed by atoms with Gasteiger partial charge in [0.25, 0.3) is 0 Å². The number of amides is 1. The average Bonchev–Trinajstić information content (AvgIpc) is 2.86. The zero-order valence-corrected chi connectivity index (χ0v) is 14.9. The zero-order chi connectivity index (χ0) is 16.8. The molecular weight excluding hydrogens is 298 g/mol. The molecule has 132 valence electrons. The number of carbonyl (C=O) groups excluding carboxylic acids is 1. The fourth-order valence-corrected chi connectivity index (χ4v) is 4.07. The Morgan fingerprint density at radius 2 is 1.58 bits per heavy atom. The molecule has 0 radical (unpaired) electrons. The number of carbonyl (C=O) groups is 1. The first-order valence-corrected chi connectivity index (χ1v) is 9.60. The molecule has 0 unspecified atom stereocenters. The molecule has 1 aliphatic heterocycles. The van der Waals surface area contributed by atoms with Crippen LogP contribution < -0.4 is 15.5 Å². The first-order valence-electron chi connectivity index (χ1n) is 9.60. The molecule has 2 N–H and O–H groups in total. The summed E-state index contributed by atoms with van der Waals surface area (Å²) in [6.07, 6.45) is 9.72. The summed E-state index contributed by atoms with van der Waals surface area (Å²) in [4.78, 5) is 13.8. The van der Waals surface area contributed by atoms with E-state index in [0.29, 0.717) is 12.1 Å². The van der Waals surface area contributed by atoms with Crippen LogP contribution in [0.15, 0.2) is 24.3 Å². The third-order valence-corrected chi connectivity index (χ3v) is 5.34. The number of rotatable bonds is 4. The van der Waals surface area contributed by atoms with E-state index in [0.717, 1.165) is 25.7 Å². The van der Waals surface area contributed by atoms with Crippen molar-refractivity contribution >= 4 is 17.3 Å². The number of hydrogen-bond acceptors (Lipinski definition) is 3. The van der Waals surface area contributed by atoms with Crippen LogP contribution in [0.1, 0.15) is 58.3 Å². The highest BCUT2D eigenvalue weighted by atomic mass is 16.1. The summed E-state index contributed by atoms with van der Waals surface area (Å²) in [7, 11) is 0. The quantitative estimate of drug-likeness (QED) is 0.880. The number of para-hydroxylation sites is 2. The van der Waals surface area contributed by atoms with Gasteiger partial charge in [-0.3, -0.25) is 4.79 Å². The smallest absolute Gasteiger partial charge is 0.217 e. The van der Waals surface area contributed by atoms with Gasteiger partial charge in [0.1, 0.15) is 0 Å². The highest BCUT2D eigenvalue weighted by Gasteiger charge is 2.22. The standard InChI is InChI=1S/C20H31N3O/c1-16(24)21-17-10-12-18(13-11-17)22-19-8-4-5-9-20(19)23-14-6-2-3-7-15-23/h4-5,8-9,17-18,22H,2-3,6-7,10-15H2,1H3,(H,21,24). The first kappa shape index (κ1) is 17.1. The third-order valence-electron chi connectivity index (χ3n) is 5.34. The van der Waals surface area contributed by atoms with Crippen molar-refractivity contribution in [2.75, 3.05) is 23.3 Å². The predicted octanol–water partition coefficient (Wildman–Crippen LogP) is 3.93. The summed E-state index contributed by atoms with van der Waals surface area (Å²) < 4.78 is 0. The summed E-state index contributed by atoms with van der Waals surface area (Å²) >= 11 is 0. The molecule has 2 fully saturated rings. The Kier molecular flexibility index (Phi) is 6.00. The van der Waals surface area contributed by atoms with E-state index in [1.54, 1.807) is 6.92 Å². The molecular formula is C20H31N3O. The van der Waals surface area contributed by atoms with Crippen LogP contribution >= 0.6 is 0 Å². The maximum absolute atomic E-state index is 11.2. The van der Waals surface area contributed by atoms with Crippen LogP contribution in [-0.4, -0.2) is 31.1 Å². The van der Waals surface area contributed by atoms with E-state index in [-0.39, 0.29) is 5.91 Å². The fraction of sp³-hybridized carbons (Fsp3) is 0.650. The molecule has 1 aliphatic carbocycles. The molecule has 4 nitrogen and oxygen atoms in total. The SMILES string of the molecule is CC(=O)NC1CCC(Nc2ccccc2N2CCCCCC2)CC1. The topological polar surface area (TPSA) is 44.4 Å². The van der Waals surface area contributed by atoms with Crippen molar-refractivity contribution in [2.24, 2.45) is 0 Å². The van der Waals surface area contributed by atoms with Crippen LogP contribution in [0.5, 0.6) is 0 Å². The maximum Gasteiger partial charge on any atom is 0.217 e. The molecule has 1 aromatic carbocycles. The van der Waals surface area contributed by atoms with Crippen molar-refractivity contribution in [3.63, 3.8) is 0 Å². The van der Waals surface area contributed by atoms with Gasteiger partial charge in [-0.05, 0) is 50.7 Å². The van der Waals surface area contributed by atoms with Crippen LogP contribution in [0.25, 0.3) is 0 Å². The van der Waals surface area contributed by atoms with Gasteiger partial charge in [0.15, 0.2) is 0 Å². The fourth-order valence-electron chi connectivity index (χ4n) is 4.07. The molecule has 0 aromatic heterocycles. The van der Waals surface area contributed by atoms with Crippen LogP contribution in [0, 0.1) is 0 Å². The van der Waals surface area contributed by atoms with Gasteiger partial charge in [-0.25, -0.2) is 0 Å². The molecule has 3 rings (SSSR count). The number of benzene rings is 1. The van der Waals surface area contributed by atoms with Gasteiger partial charge in [-0.15, -0.1) is 0 Å². The van der Waals surface area contributed by atoms with Gasteiger partial charge in [-0.1, -0.05) is 25.0 Å². The lowest BCUT2D eigenvalue weighted by Crippen LogP contribution is -2.39. The van der Waals surface area contributed by atoms with Crippen molar-refractivity contribution in [3.8, 4) is 0 Å². The molecule has 24 heavy (non-hydrogen) atoms. The third kappa shape index (κ3) is 4.65. The highest BCUT2D eigenvalue weighted by Crippen LogP contribution is 2.30. The average molecular weight is 329 g/mol. The molecule has 0 bridgehead atoms. The van der Waals surface area contributed by atoms with Gasteiger partial charge in [0, 0.05) is 32.1 Å². The molecule has 2 aliphatic rings. The summed E-state index contributed by atoms with van der Waals surface area (Å²) in [6.45, 7) is 3.96. The Morgan fingerprint density at radius 3 is 2.25 bits per heavy atom. The molecule has 1 amide bonds. The van der Waals surface area contributed by atoms with Crippen molar-refractivity contribution in [3.05, 3.63) is 24.3 Å². The number of nitrogens with zero attached hydrogens (tertiary/aromatic N) is 1. The van der Waals surface area contributed by atoms with Crippen molar-refractivity contribution in [2.45, 2.75) is 70.4 Å². The zero-order valence-electron chi connectivity index (χ0n) is 14.9. The van der Waals surface area contributed by atoms with Crippen LogP contribution in [-0.2, 0) is 4.79 Å². The lowest BCUT2D eigenvalue weighted by Gasteiger charge is -2.32. The van der Waals surface area contributed by atoms with Gasteiger partial charge >= 0.3 is 0 Å². The van der Waals surface area contributed by atoms with Crippen molar-refractivity contribution in [1.29, 1.82) is 0 Å². The number of anilines is 2. The number of hydrogen-bond donors (Lipinski definition) is 2. The Labute approximate surface area is 146 Å². The largest absolute Gasteiger partial charge is 0.381 e. The normalized spacial score (nSPS) is 25.0. The summed E-state index contributed by atoms with van der Waals surface area (Å²) in [6, 6.07) is 9.65. The Hall–Kier alpha value is -1.71. The van der Waals surface area contributed by atoms with E-state index in [1.807, 2.05) is 0 Å². The summed E-state index contributed by atoms with van der Waals surface area (Å²) in [5.41, 5.74) is 2.64. The van der Waals surface area contributed by atoms with Gasteiger partial charge in [-0.2, -0.15) is 0 Å². The second kappa shape index (κ2) is 8.41. The van der Waals surface area contributed by atoms with E-state index >= 15 is 0 Å². The Bertz CT molecular complexity index is 529. The van der Waals surface area contributed by atoms with Crippen molar-refractivity contribution < 1.29 is 4.79 Å². The number of nitrogens with one attached hydrogen (secondary N) is 2. The van der Waals surface area contributed by atoms with Crippen LogP contribution in [0.3, 0.4) is 0 Å². The van der Waals surface area contributed by atoms with E-state index in [4.69, 9.17) is 0 Å². The molecule has 1 saturated carbocycles. The summed E-state index contributed by atoms with van der Waals surface area (Å²) in [5, 5.41) is 6.85. The van der Waals surface area contributed by atoms with Crippen molar-refractivity contribution in [1.82, 2.24) is 5.32 Å². The second-order valence-electron chi connectivity index (χ2n) is 7.31. The van der Waals surface area contributed by atoms with E-state index in [9.17, 15) is 4.79 Å². The lowest BCUT2D eigenvalue weighted by molar-refractivity contribution is -0.119. The van der Waals surface area contributed by atoms with Gasteiger partial charge in [0.05, 0.1) is 11.4 Å². The molecule has 1 saturated heterocycles. The van der Waals surface area contributed by atoms with Gasteiger partial charge < -0.3 is 15.5 Å². The van der Waals surface area contributed by atoms with Gasteiger partial charge in [0.2, 0.25) is 5.91 Å². The molecule has 1 heterocycles. The van der Waals surface area contributed by atoms with Crippen LogP contribution in [0.2, 0.25) is 0 Å². The molecule has 1 aromatic rings. The Balaban J connectivity index is 1.60. The minimum atomic E-state index is 0.0953. The summed E-state index contributed by atoms with van der Waals surface area (Å²) in [5.74, 6) is 0.0953. The Morgan fingerprint density at radius 1 is 0.958 bits per heavy atom. The monoisotopic (exact) mass is 329 g/mol. The predicted molar refractivity (Wildman–Crippen MR) is 101 cm³/mol. The molecule has 0 atom stereocenters. The lowest BCUT2D eigenvalue weighted by atomic mass is 9.91. The highest BCUT2D eigenvalue weighted by molar-refractivity contribution is 5.73. The van der Waals surface area contributed by atoms with E-state index in [1.165, 1.54) is 50.1 Å².